The minimum atomic E-state index is -0.236. The first-order chi connectivity index (χ1) is 14.6. The normalized spacial score (nSPS) is 13.3. The van der Waals surface area contributed by atoms with Crippen LogP contribution >= 0.6 is 11.3 Å². The molecule has 3 aromatic rings. The molecule has 0 bridgehead atoms. The molecule has 1 aromatic heterocycles. The van der Waals surface area contributed by atoms with Crippen LogP contribution in [0.5, 0.6) is 0 Å². The Morgan fingerprint density at radius 2 is 1.67 bits per heavy atom. The van der Waals surface area contributed by atoms with E-state index in [9.17, 15) is 14.4 Å². The van der Waals surface area contributed by atoms with Gasteiger partial charge in [0.25, 0.3) is 11.8 Å². The van der Waals surface area contributed by atoms with Crippen LogP contribution in [0.25, 0.3) is 0 Å². The number of carbonyl (C=O) groups excluding carboxylic acids is 3. The van der Waals surface area contributed by atoms with Crippen molar-refractivity contribution in [3.05, 3.63) is 82.0 Å². The smallest absolute Gasteiger partial charge is 0.265 e. The van der Waals surface area contributed by atoms with Crippen molar-refractivity contribution in [1.29, 1.82) is 0 Å². The van der Waals surface area contributed by atoms with E-state index in [0.717, 1.165) is 18.5 Å². The van der Waals surface area contributed by atoms with Crippen molar-refractivity contribution in [2.45, 2.75) is 19.4 Å². The summed E-state index contributed by atoms with van der Waals surface area (Å²) >= 11 is 1.37. The molecule has 30 heavy (non-hydrogen) atoms. The van der Waals surface area contributed by atoms with E-state index in [4.69, 9.17) is 0 Å². The summed E-state index contributed by atoms with van der Waals surface area (Å²) in [6.07, 6.45) is 1.53. The van der Waals surface area contributed by atoms with Gasteiger partial charge >= 0.3 is 0 Å². The molecule has 1 fully saturated rings. The largest absolute Gasteiger partial charge is 0.338 e. The van der Waals surface area contributed by atoms with Gasteiger partial charge in [0.2, 0.25) is 5.91 Å². The van der Waals surface area contributed by atoms with Gasteiger partial charge in [-0.2, -0.15) is 0 Å². The Labute approximate surface area is 178 Å². The van der Waals surface area contributed by atoms with Crippen molar-refractivity contribution in [3.8, 4) is 0 Å². The number of nitrogens with zero attached hydrogens (tertiary/aromatic N) is 1. The zero-order chi connectivity index (χ0) is 20.9. The number of anilines is 2. The zero-order valence-corrected chi connectivity index (χ0v) is 17.1. The molecule has 1 saturated heterocycles. The number of likely N-dealkylation sites (tertiary alicyclic amines) is 1. The highest BCUT2D eigenvalue weighted by Crippen LogP contribution is 2.19. The number of hydrogen-bond acceptors (Lipinski definition) is 4. The Morgan fingerprint density at radius 3 is 2.30 bits per heavy atom. The molecule has 0 atom stereocenters. The summed E-state index contributed by atoms with van der Waals surface area (Å²) in [5.74, 6) is -0.232. The number of thiophene rings is 1. The molecule has 6 nitrogen and oxygen atoms in total. The molecule has 0 spiro atoms. The van der Waals surface area contributed by atoms with E-state index in [1.54, 1.807) is 42.5 Å². The molecule has 2 heterocycles. The van der Waals surface area contributed by atoms with Crippen LogP contribution in [-0.4, -0.2) is 29.2 Å². The van der Waals surface area contributed by atoms with Crippen molar-refractivity contribution in [2.24, 2.45) is 0 Å². The molecule has 0 saturated carbocycles. The van der Waals surface area contributed by atoms with E-state index in [2.05, 4.69) is 10.6 Å². The Morgan fingerprint density at radius 1 is 0.933 bits per heavy atom. The molecule has 0 aliphatic carbocycles. The SMILES string of the molecule is O=C(Nc1cccc(NC(=O)c2cccs2)c1)c1ccc(CN2CCCC2=O)cc1. The molecule has 152 valence electrons. The van der Waals surface area contributed by atoms with Gasteiger partial charge in [0.1, 0.15) is 0 Å². The maximum Gasteiger partial charge on any atom is 0.265 e. The Balaban J connectivity index is 1.37. The molecular weight excluding hydrogens is 398 g/mol. The maximum atomic E-state index is 12.6. The lowest BCUT2D eigenvalue weighted by Crippen LogP contribution is -2.23. The Kier molecular flexibility index (Phi) is 5.90. The van der Waals surface area contributed by atoms with Crippen LogP contribution in [0.3, 0.4) is 0 Å². The van der Waals surface area contributed by atoms with Crippen molar-refractivity contribution < 1.29 is 14.4 Å². The monoisotopic (exact) mass is 419 g/mol. The van der Waals surface area contributed by atoms with Gasteiger partial charge in [-0.25, -0.2) is 0 Å². The van der Waals surface area contributed by atoms with E-state index in [0.29, 0.717) is 34.8 Å². The van der Waals surface area contributed by atoms with Gasteiger partial charge in [-0.3, -0.25) is 14.4 Å². The van der Waals surface area contributed by atoms with E-state index in [1.165, 1.54) is 11.3 Å². The zero-order valence-electron chi connectivity index (χ0n) is 16.3. The van der Waals surface area contributed by atoms with Crippen LogP contribution < -0.4 is 10.6 Å². The number of benzene rings is 2. The second-order valence-corrected chi connectivity index (χ2v) is 8.03. The van der Waals surface area contributed by atoms with Gasteiger partial charge in [0.15, 0.2) is 0 Å². The predicted octanol–water partition coefficient (Wildman–Crippen LogP) is 4.38. The second kappa shape index (κ2) is 8.92. The highest BCUT2D eigenvalue weighted by Gasteiger charge is 2.20. The van der Waals surface area contributed by atoms with E-state index in [-0.39, 0.29) is 17.7 Å². The quantitative estimate of drug-likeness (QED) is 0.623. The lowest BCUT2D eigenvalue weighted by atomic mass is 10.1. The van der Waals surface area contributed by atoms with Crippen LogP contribution in [0.2, 0.25) is 0 Å². The Hall–Kier alpha value is -3.45. The van der Waals surface area contributed by atoms with Crippen LogP contribution in [0, 0.1) is 0 Å². The molecule has 1 aliphatic heterocycles. The van der Waals surface area contributed by atoms with Crippen molar-refractivity contribution >= 4 is 40.4 Å². The first-order valence-electron chi connectivity index (χ1n) is 9.71. The van der Waals surface area contributed by atoms with E-state index < -0.39 is 0 Å². The number of rotatable bonds is 6. The summed E-state index contributed by atoms with van der Waals surface area (Å²) in [6, 6.07) is 17.9. The molecule has 1 aliphatic rings. The highest BCUT2D eigenvalue weighted by molar-refractivity contribution is 7.12. The average molecular weight is 420 g/mol. The fourth-order valence-electron chi connectivity index (χ4n) is 3.33. The summed E-state index contributed by atoms with van der Waals surface area (Å²) in [4.78, 5) is 39.0. The standard InChI is InChI=1S/C23H21N3O3S/c27-21-7-2-12-26(21)15-16-8-10-17(11-9-16)22(28)24-18-4-1-5-19(14-18)25-23(29)20-6-3-13-30-20/h1,3-6,8-11,13-14H,2,7,12,15H2,(H,24,28)(H,25,29). The van der Waals surface area contributed by atoms with Gasteiger partial charge in [0.05, 0.1) is 4.88 Å². The predicted molar refractivity (Wildman–Crippen MR) is 118 cm³/mol. The Bertz CT molecular complexity index is 1060. The molecule has 0 unspecified atom stereocenters. The fourth-order valence-corrected chi connectivity index (χ4v) is 3.95. The van der Waals surface area contributed by atoms with Gasteiger partial charge in [-0.05, 0) is 53.8 Å². The van der Waals surface area contributed by atoms with Crippen LogP contribution in [0.4, 0.5) is 11.4 Å². The molecular formula is C23H21N3O3S. The van der Waals surface area contributed by atoms with Crippen molar-refractivity contribution in [3.63, 3.8) is 0 Å². The second-order valence-electron chi connectivity index (χ2n) is 7.08. The van der Waals surface area contributed by atoms with Crippen molar-refractivity contribution in [2.75, 3.05) is 17.2 Å². The molecule has 3 amide bonds. The third kappa shape index (κ3) is 4.75. The summed E-state index contributed by atoms with van der Waals surface area (Å²) in [6.45, 7) is 1.37. The molecule has 7 heteroatoms. The summed E-state index contributed by atoms with van der Waals surface area (Å²) in [5.41, 5.74) is 2.73. The lowest BCUT2D eigenvalue weighted by molar-refractivity contribution is -0.128. The van der Waals surface area contributed by atoms with Gasteiger partial charge in [-0.1, -0.05) is 24.3 Å². The van der Waals surface area contributed by atoms with Crippen LogP contribution in [0.15, 0.2) is 66.0 Å². The van der Waals surface area contributed by atoms with Crippen LogP contribution in [0.1, 0.15) is 38.4 Å². The first-order valence-corrected chi connectivity index (χ1v) is 10.6. The number of hydrogen-bond donors (Lipinski definition) is 2. The van der Waals surface area contributed by atoms with E-state index >= 15 is 0 Å². The van der Waals surface area contributed by atoms with Gasteiger partial charge < -0.3 is 15.5 Å². The molecule has 2 aromatic carbocycles. The molecule has 0 radical (unpaired) electrons. The van der Waals surface area contributed by atoms with Crippen LogP contribution in [-0.2, 0) is 11.3 Å². The average Bonchev–Trinajstić information content (AvgIpc) is 3.41. The van der Waals surface area contributed by atoms with Crippen molar-refractivity contribution in [1.82, 2.24) is 4.90 Å². The number of amides is 3. The number of nitrogens with one attached hydrogen (secondary N) is 2. The maximum absolute atomic E-state index is 12.6. The molecule has 2 N–H and O–H groups in total. The summed E-state index contributed by atoms with van der Waals surface area (Å²) in [5, 5.41) is 7.53. The van der Waals surface area contributed by atoms with E-state index in [1.807, 2.05) is 28.5 Å². The number of carbonyl (C=O) groups is 3. The lowest BCUT2D eigenvalue weighted by Gasteiger charge is -2.15. The van der Waals surface area contributed by atoms with Gasteiger partial charge in [-0.15, -0.1) is 11.3 Å². The summed E-state index contributed by atoms with van der Waals surface area (Å²) in [7, 11) is 0. The fraction of sp³-hybridized carbons (Fsp3) is 0.174. The third-order valence-electron chi connectivity index (χ3n) is 4.88. The molecule has 4 rings (SSSR count). The topological polar surface area (TPSA) is 78.5 Å². The summed E-state index contributed by atoms with van der Waals surface area (Å²) < 4.78 is 0. The minimum absolute atomic E-state index is 0.180. The van der Waals surface area contributed by atoms with Gasteiger partial charge in [0, 0.05) is 36.4 Å². The first kappa shape index (κ1) is 19.8. The third-order valence-corrected chi connectivity index (χ3v) is 5.75. The minimum Gasteiger partial charge on any atom is -0.338 e. The highest BCUT2D eigenvalue weighted by atomic mass is 32.1.